The van der Waals surface area contributed by atoms with Crippen LogP contribution in [0.5, 0.6) is 11.5 Å². The van der Waals surface area contributed by atoms with Gasteiger partial charge in [0.05, 0.1) is 11.3 Å². The van der Waals surface area contributed by atoms with E-state index in [-0.39, 0.29) is 5.75 Å². The van der Waals surface area contributed by atoms with E-state index in [4.69, 9.17) is 19.5 Å². The number of aromatic carboxylic acids is 1. The predicted molar refractivity (Wildman–Crippen MR) is 94.7 cm³/mol. The van der Waals surface area contributed by atoms with Gasteiger partial charge in [-0.15, -0.1) is 0 Å². The molecular weight excluding hydrogens is 344 g/mol. The Hall–Kier alpha value is -2.58. The Labute approximate surface area is 156 Å². The Kier molecular flexibility index (Phi) is 3.56. The van der Waals surface area contributed by atoms with Gasteiger partial charge in [-0.2, -0.15) is 0 Å². The van der Waals surface area contributed by atoms with Gasteiger partial charge in [0.25, 0.3) is 0 Å². The van der Waals surface area contributed by atoms with Crippen molar-refractivity contribution in [2.45, 2.75) is 24.5 Å². The van der Waals surface area contributed by atoms with Crippen LogP contribution >= 0.6 is 0 Å². The highest BCUT2D eigenvalue weighted by Gasteiger charge is 2.23. The number of hydrogen-bond donors (Lipinski definition) is 3. The molecule has 0 fully saturated rings. The van der Waals surface area contributed by atoms with E-state index in [2.05, 4.69) is 5.32 Å². The average Bonchev–Trinajstić information content (AvgIpc) is 2.60. The van der Waals surface area contributed by atoms with E-state index in [9.17, 15) is 18.3 Å². The Morgan fingerprint density at radius 1 is 1.36 bits per heavy atom. The number of carbonyl (C=O) groups is 1. The van der Waals surface area contributed by atoms with Crippen molar-refractivity contribution in [3.63, 3.8) is 0 Å². The second kappa shape index (κ2) is 8.00. The SMILES string of the molecule is [2H]C([2H])(CC([2H])([2H])C([2H])([2H])[2H])Nc1cc(C(=O)O)cc(S(N)(=O)=O)c1Oc1ccccc1. The first-order valence-electron chi connectivity index (χ1n) is 10.4. The van der Waals surface area contributed by atoms with Gasteiger partial charge < -0.3 is 15.2 Å². The third-order valence-electron chi connectivity index (χ3n) is 2.97. The first-order valence-corrected chi connectivity index (χ1v) is 8.43. The number of hydrogen-bond acceptors (Lipinski definition) is 5. The van der Waals surface area contributed by atoms with Crippen LogP contribution in [-0.4, -0.2) is 26.0 Å². The second-order valence-corrected chi connectivity index (χ2v) is 6.30. The van der Waals surface area contributed by atoms with E-state index in [1.165, 1.54) is 12.1 Å². The minimum absolute atomic E-state index is 0.113. The van der Waals surface area contributed by atoms with Crippen molar-refractivity contribution in [3.8, 4) is 11.5 Å². The Bertz CT molecular complexity index is 1110. The van der Waals surface area contributed by atoms with Gasteiger partial charge >= 0.3 is 5.97 Å². The van der Waals surface area contributed by atoms with E-state index < -0.39 is 64.0 Å². The smallest absolute Gasteiger partial charge is 0.335 e. The molecule has 0 aromatic heterocycles. The van der Waals surface area contributed by atoms with Crippen LogP contribution in [0.3, 0.4) is 0 Å². The molecule has 4 N–H and O–H groups in total. The molecule has 2 aromatic carbocycles. The molecule has 2 rings (SSSR count). The minimum atomic E-state index is -4.56. The van der Waals surface area contributed by atoms with Crippen LogP contribution in [-0.2, 0) is 10.0 Å². The van der Waals surface area contributed by atoms with Gasteiger partial charge in [-0.25, -0.2) is 18.4 Å². The number of primary sulfonamides is 1. The van der Waals surface area contributed by atoms with E-state index >= 15 is 0 Å². The van der Waals surface area contributed by atoms with E-state index in [1.807, 2.05) is 0 Å². The van der Waals surface area contributed by atoms with Crippen molar-refractivity contribution in [2.24, 2.45) is 5.14 Å². The summed E-state index contributed by atoms with van der Waals surface area (Å²) in [7, 11) is -4.56. The number of carboxylic acid groups (broad SMARTS) is 1. The molecule has 0 unspecified atom stereocenters. The lowest BCUT2D eigenvalue weighted by Crippen LogP contribution is -2.16. The number of ether oxygens (including phenoxy) is 1. The van der Waals surface area contributed by atoms with Crippen LogP contribution in [0.15, 0.2) is 47.4 Å². The van der Waals surface area contributed by atoms with Gasteiger partial charge in [0.15, 0.2) is 5.75 Å². The van der Waals surface area contributed by atoms with Crippen molar-refractivity contribution in [1.82, 2.24) is 0 Å². The molecule has 0 saturated carbocycles. The number of anilines is 1. The molecule has 25 heavy (non-hydrogen) atoms. The third-order valence-corrected chi connectivity index (χ3v) is 3.89. The lowest BCUT2D eigenvalue weighted by Gasteiger charge is -2.17. The molecule has 0 radical (unpaired) electrons. The largest absolute Gasteiger partial charge is 0.478 e. The summed E-state index contributed by atoms with van der Waals surface area (Å²) in [5, 5.41) is 16.7. The maximum Gasteiger partial charge on any atom is 0.335 e. The Balaban J connectivity index is 2.65. The van der Waals surface area contributed by atoms with Gasteiger partial charge in [-0.1, -0.05) is 31.4 Å². The van der Waals surface area contributed by atoms with Gasteiger partial charge in [-0.05, 0) is 30.7 Å². The topological polar surface area (TPSA) is 119 Å². The number of para-hydroxylation sites is 1. The van der Waals surface area contributed by atoms with Crippen molar-refractivity contribution < 1.29 is 32.7 Å². The standard InChI is InChI=1S/C17H20N2O5S/c1-2-3-9-19-14-10-12(17(20)21)11-15(25(18,22)23)16(14)24-13-7-5-4-6-8-13/h4-8,10-11,19H,2-3,9H2,1H3,(H,20,21)(H2,18,22,23)/i1D3,2D2,9D2. The molecule has 0 saturated heterocycles. The van der Waals surface area contributed by atoms with Crippen LogP contribution in [0.2, 0.25) is 0 Å². The summed E-state index contributed by atoms with van der Waals surface area (Å²) >= 11 is 0. The van der Waals surface area contributed by atoms with Crippen molar-refractivity contribution in [2.75, 3.05) is 11.8 Å². The Morgan fingerprint density at radius 3 is 2.68 bits per heavy atom. The zero-order chi connectivity index (χ0) is 24.5. The molecule has 134 valence electrons. The summed E-state index contributed by atoms with van der Waals surface area (Å²) in [5.74, 6) is -1.98. The molecule has 0 spiro atoms. The quantitative estimate of drug-likeness (QED) is 0.656. The summed E-state index contributed by atoms with van der Waals surface area (Å²) in [6.07, 6.45) is -4.14. The molecule has 2 aromatic rings. The summed E-state index contributed by atoms with van der Waals surface area (Å²) in [6, 6.07) is 9.28. The Morgan fingerprint density at radius 2 is 2.08 bits per heavy atom. The van der Waals surface area contributed by atoms with E-state index in [0.717, 1.165) is 12.1 Å². The fourth-order valence-corrected chi connectivity index (χ4v) is 2.63. The van der Waals surface area contributed by atoms with Gasteiger partial charge in [0.1, 0.15) is 10.6 Å². The van der Waals surface area contributed by atoms with Crippen LogP contribution in [0.25, 0.3) is 0 Å². The van der Waals surface area contributed by atoms with Crippen LogP contribution < -0.4 is 15.2 Å². The molecular formula is C17H20N2O5S. The van der Waals surface area contributed by atoms with Crippen molar-refractivity contribution in [3.05, 3.63) is 48.0 Å². The normalized spacial score (nSPS) is 16.9. The maximum atomic E-state index is 12.1. The molecule has 8 heteroatoms. The molecule has 0 heterocycles. The molecule has 0 aliphatic rings. The van der Waals surface area contributed by atoms with E-state index in [0.29, 0.717) is 0 Å². The molecule has 0 amide bonds. The summed E-state index contributed by atoms with van der Waals surface area (Å²) in [5.41, 5.74) is -1.06. The first kappa shape index (κ1) is 11.1. The predicted octanol–water partition coefficient (Wildman–Crippen LogP) is 3.04. The summed E-state index contributed by atoms with van der Waals surface area (Å²) in [6.45, 7) is -5.92. The van der Waals surface area contributed by atoms with Crippen molar-refractivity contribution >= 4 is 21.7 Å². The van der Waals surface area contributed by atoms with Crippen LogP contribution in [0, 0.1) is 0 Å². The highest BCUT2D eigenvalue weighted by atomic mass is 32.2. The maximum absolute atomic E-state index is 12.1. The second-order valence-electron chi connectivity index (χ2n) is 4.77. The number of sulfonamides is 1. The van der Waals surface area contributed by atoms with Gasteiger partial charge in [0.2, 0.25) is 10.0 Å². The average molecular weight is 371 g/mol. The lowest BCUT2D eigenvalue weighted by atomic mass is 10.1. The molecule has 0 aliphatic carbocycles. The highest BCUT2D eigenvalue weighted by Crippen LogP contribution is 2.37. The summed E-state index contributed by atoms with van der Waals surface area (Å²) in [4.78, 5) is 10.7. The van der Waals surface area contributed by atoms with E-state index in [1.54, 1.807) is 18.2 Å². The zero-order valence-electron chi connectivity index (χ0n) is 19.8. The van der Waals surface area contributed by atoms with Gasteiger partial charge in [0, 0.05) is 16.1 Å². The minimum Gasteiger partial charge on any atom is -0.478 e. The summed E-state index contributed by atoms with van der Waals surface area (Å²) < 4.78 is 83.1. The van der Waals surface area contributed by atoms with Crippen LogP contribution in [0.4, 0.5) is 5.69 Å². The fraction of sp³-hybridized carbons (Fsp3) is 0.235. The molecule has 0 bridgehead atoms. The molecule has 0 atom stereocenters. The molecule has 7 nitrogen and oxygen atoms in total. The van der Waals surface area contributed by atoms with Gasteiger partial charge in [-0.3, -0.25) is 0 Å². The third kappa shape index (κ3) is 4.94. The fourth-order valence-electron chi connectivity index (χ4n) is 1.93. The van der Waals surface area contributed by atoms with Crippen molar-refractivity contribution in [1.29, 1.82) is 0 Å². The number of rotatable bonds is 8. The number of carboxylic acids is 1. The highest BCUT2D eigenvalue weighted by molar-refractivity contribution is 7.89. The monoisotopic (exact) mass is 371 g/mol. The number of nitrogens with two attached hydrogens (primary N) is 1. The lowest BCUT2D eigenvalue weighted by molar-refractivity contribution is 0.0696. The van der Waals surface area contributed by atoms with Crippen LogP contribution in [0.1, 0.15) is 39.6 Å². The number of nitrogens with one attached hydrogen (secondary N) is 1. The first-order chi connectivity index (χ1) is 14.4. The molecule has 0 aliphatic heterocycles. The number of benzene rings is 2. The zero-order valence-corrected chi connectivity index (χ0v) is 13.6.